The largest absolute Gasteiger partial charge is 1.00 e. The summed E-state index contributed by atoms with van der Waals surface area (Å²) >= 11 is 0. The van der Waals surface area contributed by atoms with Crippen molar-refractivity contribution >= 4 is 35.3 Å². The minimum Gasteiger partial charge on any atom is -0.748 e. The zero-order valence-corrected chi connectivity index (χ0v) is 14.6. The summed E-state index contributed by atoms with van der Waals surface area (Å²) in [5.74, 6) is -0.867. The number of rotatable bonds is 7. The van der Waals surface area contributed by atoms with E-state index in [-0.39, 0.29) is 50.6 Å². The van der Waals surface area contributed by atoms with Crippen molar-refractivity contribution in [3.8, 4) is 0 Å². The molecule has 6 nitrogen and oxygen atoms in total. The van der Waals surface area contributed by atoms with Crippen molar-refractivity contribution in [3.05, 3.63) is 0 Å². The van der Waals surface area contributed by atoms with E-state index >= 15 is 0 Å². The maximum Gasteiger partial charge on any atom is 1.00 e. The van der Waals surface area contributed by atoms with Crippen molar-refractivity contribution in [2.75, 3.05) is 11.5 Å². The van der Waals surface area contributed by atoms with E-state index in [1.165, 1.54) is 0 Å². The van der Waals surface area contributed by atoms with Crippen LogP contribution in [0.5, 0.6) is 0 Å². The van der Waals surface area contributed by atoms with Crippen LogP contribution < -0.4 is 37.7 Å². The minimum absolute atomic E-state index is 0. The Hall–Kier alpha value is 0.725. The maximum atomic E-state index is 10.1. The molecule has 0 saturated carbocycles. The Balaban J connectivity index is -0.000000101. The Morgan fingerprint density at radius 3 is 0.875 bits per heavy atom. The van der Waals surface area contributed by atoms with Gasteiger partial charge in [-0.3, -0.25) is 25.9 Å². The molecule has 0 saturated heterocycles. The second kappa shape index (κ2) is 20.0. The molecular formula is C6H12B2F6Li2O6S2. The van der Waals surface area contributed by atoms with E-state index in [1.807, 2.05) is 0 Å². The van der Waals surface area contributed by atoms with Gasteiger partial charge in [0.1, 0.15) is 0 Å². The van der Waals surface area contributed by atoms with Crippen molar-refractivity contribution in [1.29, 1.82) is 0 Å². The fourth-order valence-electron chi connectivity index (χ4n) is 0.911. The zero-order chi connectivity index (χ0) is 18.4. The molecule has 0 heterocycles. The molecule has 0 spiro atoms. The van der Waals surface area contributed by atoms with Crippen LogP contribution in [0.4, 0.5) is 25.9 Å². The van der Waals surface area contributed by atoms with E-state index in [9.17, 15) is 51.8 Å². The summed E-state index contributed by atoms with van der Waals surface area (Å²) in [6.07, 6.45) is 1.31. The van der Waals surface area contributed by atoms with Gasteiger partial charge in [0.05, 0.1) is 20.2 Å². The molecule has 0 aromatic carbocycles. The molecule has 134 valence electrons. The molecule has 0 atom stereocenters. The van der Waals surface area contributed by atoms with Gasteiger partial charge >= 0.3 is 52.8 Å². The van der Waals surface area contributed by atoms with E-state index < -0.39 is 46.8 Å². The Labute approximate surface area is 161 Å². The smallest absolute Gasteiger partial charge is 0.748 e. The van der Waals surface area contributed by atoms with Crippen LogP contribution in [-0.2, 0) is 20.2 Å². The summed E-state index contributed by atoms with van der Waals surface area (Å²) in [4.78, 5) is 0. The summed E-state index contributed by atoms with van der Waals surface area (Å²) in [6.45, 7) is 0. The summed E-state index contributed by atoms with van der Waals surface area (Å²) < 4.78 is 119. The van der Waals surface area contributed by atoms with Crippen LogP contribution in [0.1, 0.15) is 25.7 Å². The van der Waals surface area contributed by atoms with Crippen molar-refractivity contribution in [1.82, 2.24) is 0 Å². The average Bonchev–Trinajstić information content (AvgIpc) is 2.18. The minimum atomic E-state index is -4.17. The molecule has 0 aliphatic carbocycles. The van der Waals surface area contributed by atoms with Crippen molar-refractivity contribution < 1.29 is 89.6 Å². The van der Waals surface area contributed by atoms with Gasteiger partial charge in [-0.25, -0.2) is 16.8 Å². The Bertz CT molecular complexity index is 407. The van der Waals surface area contributed by atoms with Crippen molar-refractivity contribution in [3.63, 3.8) is 0 Å². The first-order chi connectivity index (χ1) is 9.67. The monoisotopic (exact) mass is 394 g/mol. The zero-order valence-electron chi connectivity index (χ0n) is 12.9. The third-order valence-corrected chi connectivity index (χ3v) is 3.12. The molecule has 18 heteroatoms. The van der Waals surface area contributed by atoms with Gasteiger partial charge < -0.3 is 9.11 Å². The average molecular weight is 394 g/mol. The van der Waals surface area contributed by atoms with Gasteiger partial charge in [0.15, 0.2) is 0 Å². The molecule has 0 radical (unpaired) electrons. The Morgan fingerprint density at radius 2 is 0.750 bits per heavy atom. The second-order valence-corrected chi connectivity index (χ2v) is 6.48. The Morgan fingerprint density at radius 1 is 0.583 bits per heavy atom. The number of unbranched alkanes of at least 4 members (excludes halogenated alkanes) is 3. The molecule has 0 aromatic heterocycles. The molecule has 0 amide bonds. The topological polar surface area (TPSA) is 114 Å². The molecule has 0 aliphatic heterocycles. The Kier molecular flexibility index (Phi) is 29.9. The summed E-state index contributed by atoms with van der Waals surface area (Å²) in [6, 6.07) is 0. The fraction of sp³-hybridized carbons (Fsp3) is 1.00. The van der Waals surface area contributed by atoms with Crippen molar-refractivity contribution in [2.24, 2.45) is 0 Å². The van der Waals surface area contributed by atoms with E-state index in [1.54, 1.807) is 0 Å². The van der Waals surface area contributed by atoms with E-state index in [0.717, 1.165) is 0 Å². The molecule has 0 N–H and O–H groups in total. The van der Waals surface area contributed by atoms with Crippen LogP contribution in [-0.4, -0.2) is 52.5 Å². The molecule has 0 aromatic rings. The van der Waals surface area contributed by atoms with Crippen LogP contribution >= 0.6 is 0 Å². The van der Waals surface area contributed by atoms with E-state index in [4.69, 9.17) is 0 Å². The van der Waals surface area contributed by atoms with Crippen molar-refractivity contribution in [2.45, 2.75) is 25.7 Å². The first-order valence-corrected chi connectivity index (χ1v) is 8.54. The van der Waals surface area contributed by atoms with Crippen LogP contribution in [0.3, 0.4) is 0 Å². The first kappa shape index (κ1) is 35.8. The third-order valence-electron chi connectivity index (χ3n) is 1.54. The molecule has 0 aliphatic rings. The summed E-state index contributed by atoms with van der Waals surface area (Å²) in [5, 5.41) is 0. The predicted molar refractivity (Wildman–Crippen MR) is 65.8 cm³/mol. The first-order valence-electron chi connectivity index (χ1n) is 5.39. The normalized spacial score (nSPS) is 9.83. The predicted octanol–water partition coefficient (Wildman–Crippen LogP) is -4.60. The molecule has 0 bridgehead atoms. The molecule has 0 fully saturated rings. The molecular weight excluding hydrogens is 382 g/mol. The van der Waals surface area contributed by atoms with Gasteiger partial charge in [-0.2, -0.15) is 0 Å². The number of hydrogen-bond donors (Lipinski definition) is 0. The molecule has 24 heavy (non-hydrogen) atoms. The SMILES string of the molecule is FB(F)F.FB(F)F.O=S(=O)([O-])CCCCCCS(=O)(=O)[O-].[Li+].[Li+]. The van der Waals surface area contributed by atoms with Gasteiger partial charge in [0.25, 0.3) is 0 Å². The van der Waals surface area contributed by atoms with Crippen LogP contribution in [0.15, 0.2) is 0 Å². The maximum absolute atomic E-state index is 10.1. The fourth-order valence-corrected chi connectivity index (χ4v) is 2.03. The van der Waals surface area contributed by atoms with Crippen LogP contribution in [0, 0.1) is 0 Å². The number of halogens is 6. The number of hydrogen-bond acceptors (Lipinski definition) is 6. The van der Waals surface area contributed by atoms with Gasteiger partial charge in [0, 0.05) is 11.5 Å². The van der Waals surface area contributed by atoms with Crippen LogP contribution in [0.2, 0.25) is 0 Å². The van der Waals surface area contributed by atoms with Crippen LogP contribution in [0.25, 0.3) is 0 Å². The molecule has 0 rings (SSSR count). The third kappa shape index (κ3) is 78.0. The van der Waals surface area contributed by atoms with E-state index in [2.05, 4.69) is 0 Å². The van der Waals surface area contributed by atoms with Gasteiger partial charge in [-0.1, -0.05) is 12.8 Å². The van der Waals surface area contributed by atoms with Gasteiger partial charge in [-0.05, 0) is 12.8 Å². The summed E-state index contributed by atoms with van der Waals surface area (Å²) in [7, 11) is -15.7. The van der Waals surface area contributed by atoms with Gasteiger partial charge in [0.2, 0.25) is 0 Å². The van der Waals surface area contributed by atoms with Gasteiger partial charge in [-0.15, -0.1) is 0 Å². The molecule has 0 unspecified atom stereocenters. The quantitative estimate of drug-likeness (QED) is 0.186. The second-order valence-electron chi connectivity index (χ2n) is 3.43. The summed E-state index contributed by atoms with van der Waals surface area (Å²) in [5.41, 5.74) is 0. The standard InChI is InChI=1S/C6H14O6S2.2BF3.2Li/c7-13(8,9)5-3-1-2-4-6-14(10,11)12;2*2-1(3)4;;/h1-6H2,(H,7,8,9)(H,10,11,12);;;;/q;;;2*+1/p-2. The van der Waals surface area contributed by atoms with E-state index in [0.29, 0.717) is 12.8 Å².